The zero-order valence-corrected chi connectivity index (χ0v) is 26.1. The van der Waals surface area contributed by atoms with Crippen molar-refractivity contribution in [2.45, 2.75) is 25.2 Å². The van der Waals surface area contributed by atoms with E-state index in [1.807, 2.05) is 0 Å². The maximum Gasteiger partial charge on any atom is 1.00 e. The fourth-order valence-electron chi connectivity index (χ4n) is 3.99. The van der Waals surface area contributed by atoms with Crippen LogP contribution in [-0.4, -0.2) is 25.5 Å². The number of hydrogen-bond acceptors (Lipinski definition) is 7. The molecular weight excluding hydrogens is 588 g/mol. The quantitative estimate of drug-likeness (QED) is 0.175. The predicted octanol–water partition coefficient (Wildman–Crippen LogP) is 4.10. The number of nitrogens with zero attached hydrogens (tertiary/aromatic N) is 2. The first kappa shape index (κ1) is 31.8. The maximum atomic E-state index is 13.5. The molecule has 0 aliphatic heterocycles. The Hall–Kier alpha value is -2.70. The van der Waals surface area contributed by atoms with E-state index in [2.05, 4.69) is 15.5 Å². The van der Waals surface area contributed by atoms with E-state index in [0.29, 0.717) is 33.8 Å². The molecule has 1 amide bonds. The van der Waals surface area contributed by atoms with Gasteiger partial charge >= 0.3 is 29.6 Å². The van der Waals surface area contributed by atoms with E-state index in [9.17, 15) is 22.9 Å². The SMILES string of the molecule is CCOc1cc(Cl)ccc1NC(=O)c1cc2ccccc2c(N=Nc2c(Cl)ccc(CC)c2S(=O)(=O)O)c1[O-].[Na+]. The van der Waals surface area contributed by atoms with Crippen molar-refractivity contribution in [2.24, 2.45) is 10.2 Å². The number of rotatable bonds is 8. The van der Waals surface area contributed by atoms with E-state index in [1.54, 1.807) is 56.3 Å². The number of halogens is 2. The summed E-state index contributed by atoms with van der Waals surface area (Å²) in [6, 6.07) is 15.7. The fraction of sp³-hybridized carbons (Fsp3) is 0.148. The van der Waals surface area contributed by atoms with Crippen LogP contribution in [0.5, 0.6) is 11.5 Å². The van der Waals surface area contributed by atoms with Gasteiger partial charge in [-0.3, -0.25) is 9.35 Å². The van der Waals surface area contributed by atoms with Crippen LogP contribution in [0.2, 0.25) is 10.0 Å². The van der Waals surface area contributed by atoms with E-state index in [1.165, 1.54) is 18.2 Å². The van der Waals surface area contributed by atoms with Crippen molar-refractivity contribution in [3.8, 4) is 11.5 Å². The van der Waals surface area contributed by atoms with Crippen molar-refractivity contribution in [1.29, 1.82) is 0 Å². The van der Waals surface area contributed by atoms with Gasteiger partial charge < -0.3 is 15.2 Å². The van der Waals surface area contributed by atoms with Crippen LogP contribution in [0.3, 0.4) is 0 Å². The van der Waals surface area contributed by atoms with Crippen molar-refractivity contribution in [1.82, 2.24) is 0 Å². The molecule has 0 radical (unpaired) electrons. The van der Waals surface area contributed by atoms with Crippen LogP contribution in [0.1, 0.15) is 29.8 Å². The number of carbonyl (C=O) groups is 1. The van der Waals surface area contributed by atoms with Gasteiger partial charge in [-0.15, -0.1) is 5.11 Å². The summed E-state index contributed by atoms with van der Waals surface area (Å²) in [5, 5.41) is 25.4. The molecular formula is C27H22Cl2N3NaO6S. The average Bonchev–Trinajstić information content (AvgIpc) is 2.89. The molecule has 0 aliphatic rings. The molecule has 9 nitrogen and oxygen atoms in total. The number of hydrogen-bond donors (Lipinski definition) is 2. The Morgan fingerprint density at radius 2 is 1.73 bits per heavy atom. The minimum atomic E-state index is -4.73. The van der Waals surface area contributed by atoms with Gasteiger partial charge in [0.1, 0.15) is 16.3 Å². The number of nitrogens with one attached hydrogen (secondary N) is 1. The van der Waals surface area contributed by atoms with Crippen LogP contribution < -0.4 is 44.7 Å². The van der Waals surface area contributed by atoms with Gasteiger partial charge in [-0.05, 0) is 48.6 Å². The standard InChI is InChI=1S/C27H23Cl2N3O6S.Na/c1-3-15-9-11-20(29)24(26(15)39(35,36)37)32-31-23-18-8-6-5-7-16(18)13-19(25(23)33)27(34)30-21-12-10-17(28)14-22(21)38-4-2;/h5-14,33H,3-4H2,1-2H3,(H,30,34)(H,35,36,37);/q;+1/p-1. The van der Waals surface area contributed by atoms with Gasteiger partial charge in [0, 0.05) is 22.0 Å². The van der Waals surface area contributed by atoms with Crippen LogP contribution in [0, 0.1) is 0 Å². The number of fused-ring (bicyclic) bond motifs is 1. The van der Waals surface area contributed by atoms with E-state index in [0.717, 1.165) is 0 Å². The second kappa shape index (κ2) is 13.3. The molecule has 13 heteroatoms. The third-order valence-corrected chi connectivity index (χ3v) is 7.28. The monoisotopic (exact) mass is 609 g/mol. The smallest absolute Gasteiger partial charge is 0.870 e. The summed E-state index contributed by atoms with van der Waals surface area (Å²) in [7, 11) is -4.73. The second-order valence-electron chi connectivity index (χ2n) is 8.26. The van der Waals surface area contributed by atoms with E-state index in [-0.39, 0.29) is 63.5 Å². The Bertz CT molecular complexity index is 1730. The predicted molar refractivity (Wildman–Crippen MR) is 149 cm³/mol. The minimum absolute atomic E-state index is 0. The maximum absolute atomic E-state index is 13.5. The van der Waals surface area contributed by atoms with Gasteiger partial charge in [-0.2, -0.15) is 13.5 Å². The first-order valence-corrected chi connectivity index (χ1v) is 13.9. The van der Waals surface area contributed by atoms with Crippen LogP contribution in [0.4, 0.5) is 17.1 Å². The number of anilines is 1. The summed E-state index contributed by atoms with van der Waals surface area (Å²) in [6.07, 6.45) is 0.259. The Kier molecular flexibility index (Phi) is 10.6. The summed E-state index contributed by atoms with van der Waals surface area (Å²) in [6.45, 7) is 3.80. The van der Waals surface area contributed by atoms with Gasteiger partial charge in [0.2, 0.25) is 0 Å². The molecule has 40 heavy (non-hydrogen) atoms. The number of aryl methyl sites for hydroxylation is 1. The Balaban J connectivity index is 0.00000441. The van der Waals surface area contributed by atoms with Gasteiger partial charge in [0.15, 0.2) is 0 Å². The summed E-state index contributed by atoms with van der Waals surface area (Å²) in [5.41, 5.74) is -0.186. The molecule has 0 unspecified atom stereocenters. The molecule has 0 aromatic heterocycles. The molecule has 0 saturated carbocycles. The molecule has 202 valence electrons. The molecule has 4 rings (SSSR count). The number of ether oxygens (including phenoxy) is 1. The normalized spacial score (nSPS) is 11.4. The third-order valence-electron chi connectivity index (χ3n) is 5.76. The summed E-state index contributed by atoms with van der Waals surface area (Å²) in [5.74, 6) is -1.15. The van der Waals surface area contributed by atoms with Crippen LogP contribution >= 0.6 is 23.2 Å². The largest absolute Gasteiger partial charge is 1.00 e. The van der Waals surface area contributed by atoms with Gasteiger partial charge in [-0.1, -0.05) is 66.2 Å². The summed E-state index contributed by atoms with van der Waals surface area (Å²) in [4.78, 5) is 12.8. The molecule has 2 N–H and O–H groups in total. The number of amides is 1. The van der Waals surface area contributed by atoms with Crippen molar-refractivity contribution in [2.75, 3.05) is 11.9 Å². The molecule has 0 spiro atoms. The van der Waals surface area contributed by atoms with E-state index >= 15 is 0 Å². The second-order valence-corrected chi connectivity index (χ2v) is 10.5. The van der Waals surface area contributed by atoms with Crippen LogP contribution in [0.15, 0.2) is 75.8 Å². The van der Waals surface area contributed by atoms with Crippen molar-refractivity contribution in [3.05, 3.63) is 81.8 Å². The minimum Gasteiger partial charge on any atom is -0.870 e. The van der Waals surface area contributed by atoms with Crippen molar-refractivity contribution in [3.63, 3.8) is 0 Å². The Morgan fingerprint density at radius 1 is 1.02 bits per heavy atom. The molecule has 4 aromatic carbocycles. The first-order chi connectivity index (χ1) is 18.5. The third kappa shape index (κ3) is 6.77. The average molecular weight is 610 g/mol. The number of azo groups is 1. The summed E-state index contributed by atoms with van der Waals surface area (Å²) < 4.78 is 39.7. The van der Waals surface area contributed by atoms with Crippen LogP contribution in [0.25, 0.3) is 10.8 Å². The Morgan fingerprint density at radius 3 is 2.40 bits per heavy atom. The van der Waals surface area contributed by atoms with Crippen molar-refractivity contribution < 1.29 is 57.2 Å². The summed E-state index contributed by atoms with van der Waals surface area (Å²) >= 11 is 12.3. The molecule has 0 bridgehead atoms. The number of benzene rings is 4. The van der Waals surface area contributed by atoms with Crippen molar-refractivity contribution >= 4 is 67.1 Å². The van der Waals surface area contributed by atoms with Gasteiger partial charge in [0.25, 0.3) is 16.0 Å². The van der Waals surface area contributed by atoms with Gasteiger partial charge in [0.05, 0.1) is 23.0 Å². The van der Waals surface area contributed by atoms with E-state index in [4.69, 9.17) is 27.9 Å². The molecule has 4 aromatic rings. The molecule has 0 heterocycles. The first-order valence-electron chi connectivity index (χ1n) is 11.7. The number of carbonyl (C=O) groups excluding carboxylic acids is 1. The van der Waals surface area contributed by atoms with Crippen LogP contribution in [-0.2, 0) is 16.5 Å². The van der Waals surface area contributed by atoms with Gasteiger partial charge in [-0.25, -0.2) is 0 Å². The van der Waals surface area contributed by atoms with E-state index < -0.39 is 26.7 Å². The molecule has 0 fully saturated rings. The molecule has 0 aliphatic carbocycles. The fourth-order valence-corrected chi connectivity index (χ4v) is 5.34. The molecule has 0 atom stereocenters. The zero-order chi connectivity index (χ0) is 28.3. The zero-order valence-electron chi connectivity index (χ0n) is 21.7. The Labute approximate surface area is 263 Å². The topological polar surface area (TPSA) is 140 Å². The molecule has 0 saturated heterocycles.